The molecule has 0 unspecified atom stereocenters. The molecule has 0 aromatic heterocycles. The van der Waals surface area contributed by atoms with E-state index in [1.54, 1.807) is 32.9 Å². The molecule has 1 aliphatic rings. The number of nitrogens with one attached hydrogen (secondary N) is 3. The van der Waals surface area contributed by atoms with Crippen LogP contribution in [0.2, 0.25) is 0 Å². The maximum Gasteiger partial charge on any atom is 0.255 e. The molecule has 0 radical (unpaired) electrons. The Hall–Kier alpha value is -2.43. The Kier molecular flexibility index (Phi) is 7.50. The first-order valence-corrected chi connectivity index (χ1v) is 13.9. The van der Waals surface area contributed by atoms with Gasteiger partial charge >= 0.3 is 0 Å². The van der Waals surface area contributed by atoms with E-state index >= 15 is 0 Å². The second-order valence-electron chi connectivity index (χ2n) is 9.23. The Bertz CT molecular complexity index is 1200. The topological polar surface area (TPSA) is 121 Å². The second kappa shape index (κ2) is 9.82. The molecule has 8 nitrogen and oxygen atoms in total. The zero-order valence-electron chi connectivity index (χ0n) is 19.1. The maximum atomic E-state index is 12.8. The van der Waals surface area contributed by atoms with Crippen molar-refractivity contribution in [2.45, 2.75) is 68.6 Å². The second-order valence-corrected chi connectivity index (χ2v) is 13.4. The van der Waals surface area contributed by atoms with E-state index in [1.165, 1.54) is 36.4 Å². The van der Waals surface area contributed by atoms with E-state index in [9.17, 15) is 21.6 Å². The van der Waals surface area contributed by atoms with Crippen LogP contribution < -0.4 is 14.8 Å². The number of amides is 1. The predicted octanol–water partition coefficient (Wildman–Crippen LogP) is 4.09. The van der Waals surface area contributed by atoms with E-state index < -0.39 is 30.7 Å². The van der Waals surface area contributed by atoms with Crippen molar-refractivity contribution in [3.8, 4) is 0 Å². The molecule has 3 N–H and O–H groups in total. The van der Waals surface area contributed by atoms with Crippen molar-refractivity contribution in [1.82, 2.24) is 4.72 Å². The van der Waals surface area contributed by atoms with Crippen LogP contribution in [-0.2, 0) is 20.0 Å². The number of hydrogen-bond donors (Lipinski definition) is 3. The van der Waals surface area contributed by atoms with E-state index in [1.807, 2.05) is 0 Å². The van der Waals surface area contributed by atoms with Gasteiger partial charge in [0, 0.05) is 23.0 Å². The lowest BCUT2D eigenvalue weighted by molar-refractivity contribution is 0.102. The summed E-state index contributed by atoms with van der Waals surface area (Å²) in [5.41, 5.74) is 1.01. The highest BCUT2D eigenvalue weighted by Gasteiger charge is 2.29. The molecule has 3 rings (SSSR count). The van der Waals surface area contributed by atoms with E-state index in [0.29, 0.717) is 16.9 Å². The molecule has 10 heteroatoms. The molecular weight excluding hydrogens is 462 g/mol. The lowest BCUT2D eigenvalue weighted by atomic mass is 9.96. The minimum Gasteiger partial charge on any atom is -0.322 e. The molecule has 1 aliphatic carbocycles. The van der Waals surface area contributed by atoms with Gasteiger partial charge in [0.15, 0.2) is 0 Å². The van der Waals surface area contributed by atoms with Gasteiger partial charge in [0.2, 0.25) is 20.0 Å². The Labute approximate surface area is 196 Å². The molecule has 33 heavy (non-hydrogen) atoms. The summed E-state index contributed by atoms with van der Waals surface area (Å²) in [4.78, 5) is 12.7. The minimum absolute atomic E-state index is 0.0591. The lowest BCUT2D eigenvalue weighted by Gasteiger charge is -2.22. The number of sulfonamides is 2. The van der Waals surface area contributed by atoms with Gasteiger partial charge in [-0.15, -0.1) is 0 Å². The fourth-order valence-electron chi connectivity index (χ4n) is 3.45. The van der Waals surface area contributed by atoms with Crippen LogP contribution in [0.1, 0.15) is 63.2 Å². The van der Waals surface area contributed by atoms with Crippen LogP contribution in [0.4, 0.5) is 11.4 Å². The van der Waals surface area contributed by atoms with E-state index in [2.05, 4.69) is 14.8 Å². The predicted molar refractivity (Wildman–Crippen MR) is 130 cm³/mol. The third-order valence-corrected chi connectivity index (χ3v) is 9.17. The smallest absolute Gasteiger partial charge is 0.255 e. The summed E-state index contributed by atoms with van der Waals surface area (Å²) >= 11 is 0. The van der Waals surface area contributed by atoms with Crippen LogP contribution in [0, 0.1) is 0 Å². The van der Waals surface area contributed by atoms with Crippen molar-refractivity contribution in [2.24, 2.45) is 0 Å². The van der Waals surface area contributed by atoms with Crippen LogP contribution in [-0.4, -0.2) is 33.5 Å². The number of carbonyl (C=O) groups is 1. The largest absolute Gasteiger partial charge is 0.322 e. The Morgan fingerprint density at radius 3 is 2.12 bits per heavy atom. The maximum absolute atomic E-state index is 12.8. The van der Waals surface area contributed by atoms with Crippen molar-refractivity contribution >= 4 is 37.3 Å². The summed E-state index contributed by atoms with van der Waals surface area (Å²) in [5.74, 6) is -0.435. The van der Waals surface area contributed by atoms with Gasteiger partial charge in [-0.25, -0.2) is 21.6 Å². The number of benzene rings is 2. The Balaban J connectivity index is 1.68. The number of hydrogen-bond acceptors (Lipinski definition) is 5. The zero-order valence-corrected chi connectivity index (χ0v) is 20.7. The highest BCUT2D eigenvalue weighted by Crippen LogP contribution is 2.23. The average Bonchev–Trinajstić information content (AvgIpc) is 2.74. The fraction of sp³-hybridized carbons (Fsp3) is 0.435. The third kappa shape index (κ3) is 6.55. The van der Waals surface area contributed by atoms with Gasteiger partial charge in [0.05, 0.1) is 9.64 Å². The van der Waals surface area contributed by atoms with Crippen molar-refractivity contribution in [3.63, 3.8) is 0 Å². The third-order valence-electron chi connectivity index (χ3n) is 5.53. The van der Waals surface area contributed by atoms with Gasteiger partial charge in [-0.1, -0.05) is 25.3 Å². The van der Waals surface area contributed by atoms with Crippen LogP contribution >= 0.6 is 0 Å². The quantitative estimate of drug-likeness (QED) is 0.536. The lowest BCUT2D eigenvalue weighted by Crippen LogP contribution is -2.36. The highest BCUT2D eigenvalue weighted by molar-refractivity contribution is 7.94. The highest BCUT2D eigenvalue weighted by atomic mass is 32.2. The zero-order chi connectivity index (χ0) is 24.3. The van der Waals surface area contributed by atoms with Gasteiger partial charge in [-0.2, -0.15) is 0 Å². The van der Waals surface area contributed by atoms with Crippen LogP contribution in [0.25, 0.3) is 0 Å². The SMILES string of the molecule is CC(C)(C)S(=O)(=O)Nc1ccc(C(=O)Nc2cccc(S(=O)(=O)NC3CCCCC3)c2)cc1. The fourth-order valence-corrected chi connectivity index (χ4v) is 5.55. The molecule has 0 saturated heterocycles. The van der Waals surface area contributed by atoms with E-state index in [0.717, 1.165) is 32.1 Å². The monoisotopic (exact) mass is 493 g/mol. The van der Waals surface area contributed by atoms with E-state index in [4.69, 9.17) is 0 Å². The molecule has 0 bridgehead atoms. The molecule has 0 atom stereocenters. The van der Waals surface area contributed by atoms with Gasteiger partial charge in [-0.05, 0) is 76.1 Å². The van der Waals surface area contributed by atoms with Crippen molar-refractivity contribution < 1.29 is 21.6 Å². The Morgan fingerprint density at radius 2 is 1.52 bits per heavy atom. The van der Waals surface area contributed by atoms with Gasteiger partial charge < -0.3 is 5.32 Å². The van der Waals surface area contributed by atoms with Crippen LogP contribution in [0.5, 0.6) is 0 Å². The molecule has 2 aromatic rings. The molecule has 180 valence electrons. The summed E-state index contributed by atoms with van der Waals surface area (Å²) in [6.07, 6.45) is 4.82. The van der Waals surface area contributed by atoms with Crippen molar-refractivity contribution in [2.75, 3.05) is 10.0 Å². The van der Waals surface area contributed by atoms with Crippen molar-refractivity contribution in [3.05, 3.63) is 54.1 Å². The minimum atomic E-state index is -3.68. The normalized spacial score (nSPS) is 15.7. The molecule has 1 saturated carbocycles. The summed E-state index contributed by atoms with van der Waals surface area (Å²) in [7, 11) is -7.26. The van der Waals surface area contributed by atoms with Gasteiger partial charge in [0.1, 0.15) is 0 Å². The summed E-state index contributed by atoms with van der Waals surface area (Å²) in [6.45, 7) is 4.78. The molecule has 0 aliphatic heterocycles. The molecule has 0 heterocycles. The summed E-state index contributed by atoms with van der Waals surface area (Å²) < 4.78 is 54.3. The first-order valence-electron chi connectivity index (χ1n) is 10.9. The Morgan fingerprint density at radius 1 is 0.879 bits per heavy atom. The summed E-state index contributed by atoms with van der Waals surface area (Å²) in [6, 6.07) is 12.1. The molecular formula is C23H31N3O5S2. The molecule has 1 amide bonds. The van der Waals surface area contributed by atoms with Crippen LogP contribution in [0.15, 0.2) is 53.4 Å². The molecule has 1 fully saturated rings. The average molecular weight is 494 g/mol. The van der Waals surface area contributed by atoms with E-state index in [-0.39, 0.29) is 10.9 Å². The number of rotatable bonds is 7. The van der Waals surface area contributed by atoms with Crippen molar-refractivity contribution in [1.29, 1.82) is 0 Å². The molecule has 0 spiro atoms. The standard InChI is InChI=1S/C23H31N3O5S2/c1-23(2,3)33(30,31)26-19-14-12-17(13-15-19)22(27)24-20-10-7-11-21(16-20)32(28,29)25-18-8-5-4-6-9-18/h7,10-16,18,25-26H,4-6,8-9H2,1-3H3,(H,24,27). The van der Waals surface area contributed by atoms with Gasteiger partial charge in [0.25, 0.3) is 5.91 Å². The number of carbonyl (C=O) groups excluding carboxylic acids is 1. The number of anilines is 2. The summed E-state index contributed by atoms with van der Waals surface area (Å²) in [5, 5.41) is 2.70. The van der Waals surface area contributed by atoms with Gasteiger partial charge in [-0.3, -0.25) is 9.52 Å². The van der Waals surface area contributed by atoms with Crippen LogP contribution in [0.3, 0.4) is 0 Å². The first kappa shape index (κ1) is 25.2. The molecule has 2 aromatic carbocycles. The first-order chi connectivity index (χ1) is 15.4.